The van der Waals surface area contributed by atoms with Gasteiger partial charge in [0, 0.05) is 11.3 Å². The van der Waals surface area contributed by atoms with Gasteiger partial charge in [0.05, 0.1) is 49.1 Å². The van der Waals surface area contributed by atoms with Gasteiger partial charge in [0.1, 0.15) is 0 Å². The van der Waals surface area contributed by atoms with E-state index >= 15 is 0 Å². The highest BCUT2D eigenvalue weighted by Gasteiger charge is 2.36. The Labute approximate surface area is 212 Å². The molecule has 3 aromatic rings. The normalized spacial score (nSPS) is 12.0. The fourth-order valence-corrected chi connectivity index (χ4v) is 3.91. The average Bonchev–Trinajstić information content (AvgIpc) is 3.16. The largest absolute Gasteiger partial charge is 0.493 e. The molecular formula is C27H21N3O7. The minimum Gasteiger partial charge on any atom is -0.493 e. The monoisotopic (exact) mass is 499 g/mol. The number of hydrogen-bond donors (Lipinski definition) is 1. The zero-order valence-corrected chi connectivity index (χ0v) is 19.9. The minimum atomic E-state index is -0.828. The van der Waals surface area contributed by atoms with Gasteiger partial charge in [-0.15, -0.1) is 0 Å². The number of nitrogens with one attached hydrogen (secondary N) is 1. The van der Waals surface area contributed by atoms with E-state index in [2.05, 4.69) is 5.32 Å². The van der Waals surface area contributed by atoms with Gasteiger partial charge in [-0.3, -0.25) is 19.3 Å². The number of hydrogen-bond acceptors (Lipinski definition) is 8. The Kier molecular flexibility index (Phi) is 7.16. The van der Waals surface area contributed by atoms with Gasteiger partial charge in [-0.05, 0) is 42.5 Å². The van der Waals surface area contributed by atoms with E-state index in [9.17, 15) is 19.2 Å². The van der Waals surface area contributed by atoms with Gasteiger partial charge in [0.25, 0.3) is 17.7 Å². The highest BCUT2D eigenvalue weighted by Crippen LogP contribution is 2.35. The Balaban J connectivity index is 1.51. The van der Waals surface area contributed by atoms with Crippen molar-refractivity contribution >= 4 is 29.4 Å². The Morgan fingerprint density at radius 1 is 0.946 bits per heavy atom. The van der Waals surface area contributed by atoms with E-state index in [4.69, 9.17) is 19.5 Å². The number of nitriles is 1. The van der Waals surface area contributed by atoms with E-state index in [0.29, 0.717) is 27.9 Å². The molecule has 0 bridgehead atoms. The lowest BCUT2D eigenvalue weighted by atomic mass is 10.1. The van der Waals surface area contributed by atoms with Gasteiger partial charge in [0.2, 0.25) is 0 Å². The Morgan fingerprint density at radius 3 is 2.27 bits per heavy atom. The summed E-state index contributed by atoms with van der Waals surface area (Å²) in [6, 6.07) is 17.5. The lowest BCUT2D eigenvalue weighted by Crippen LogP contribution is -2.29. The standard InChI is InChI=1S/C27H21N3O7/c1-35-22-12-17(27(34)37-15-23(31)29-19-7-5-6-16(10-19)13-28)11-18(24(22)36-2)14-30-25(32)20-8-3-4-9-21(20)26(30)33/h3-12H,14-15H2,1-2H3,(H,29,31). The van der Waals surface area contributed by atoms with Crippen molar-refractivity contribution in [3.63, 3.8) is 0 Å². The maximum Gasteiger partial charge on any atom is 0.338 e. The lowest BCUT2D eigenvalue weighted by molar-refractivity contribution is -0.119. The number of carbonyl (C=O) groups is 4. The first-order valence-electron chi connectivity index (χ1n) is 11.0. The summed E-state index contributed by atoms with van der Waals surface area (Å²) in [5.74, 6) is -1.94. The van der Waals surface area contributed by atoms with E-state index in [0.717, 1.165) is 4.90 Å². The van der Waals surface area contributed by atoms with Crippen molar-refractivity contribution in [2.45, 2.75) is 6.54 Å². The summed E-state index contributed by atoms with van der Waals surface area (Å²) in [6.07, 6.45) is 0. The molecule has 1 heterocycles. The Bertz CT molecular complexity index is 1420. The molecule has 1 aliphatic heterocycles. The molecule has 0 aliphatic carbocycles. The molecule has 186 valence electrons. The van der Waals surface area contributed by atoms with Gasteiger partial charge >= 0.3 is 5.97 Å². The second-order valence-corrected chi connectivity index (χ2v) is 7.93. The zero-order chi connectivity index (χ0) is 26.5. The van der Waals surface area contributed by atoms with Crippen molar-refractivity contribution in [1.29, 1.82) is 5.26 Å². The highest BCUT2D eigenvalue weighted by atomic mass is 16.5. The third-order valence-corrected chi connectivity index (χ3v) is 5.61. The predicted octanol–water partition coefficient (Wildman–Crippen LogP) is 3.17. The number of fused-ring (bicyclic) bond motifs is 1. The first kappa shape index (κ1) is 24.9. The SMILES string of the molecule is COc1cc(C(=O)OCC(=O)Nc2cccc(C#N)c2)cc(CN2C(=O)c3ccccc3C2=O)c1OC. The summed E-state index contributed by atoms with van der Waals surface area (Å²) < 4.78 is 15.9. The van der Waals surface area contributed by atoms with Crippen molar-refractivity contribution in [2.24, 2.45) is 0 Å². The van der Waals surface area contributed by atoms with Crippen LogP contribution in [0.4, 0.5) is 5.69 Å². The van der Waals surface area contributed by atoms with Crippen LogP contribution in [0.15, 0.2) is 60.7 Å². The van der Waals surface area contributed by atoms with Crippen LogP contribution in [-0.2, 0) is 16.1 Å². The molecule has 3 aromatic carbocycles. The van der Waals surface area contributed by atoms with E-state index < -0.39 is 30.3 Å². The zero-order valence-electron chi connectivity index (χ0n) is 19.9. The molecule has 0 unspecified atom stereocenters. The summed E-state index contributed by atoms with van der Waals surface area (Å²) in [4.78, 5) is 51.7. The predicted molar refractivity (Wildman–Crippen MR) is 130 cm³/mol. The number of esters is 1. The number of ether oxygens (including phenoxy) is 3. The summed E-state index contributed by atoms with van der Waals surface area (Å²) in [5.41, 5.74) is 1.70. The quantitative estimate of drug-likeness (QED) is 0.369. The fourth-order valence-electron chi connectivity index (χ4n) is 3.91. The number of carbonyl (C=O) groups excluding carboxylic acids is 4. The molecule has 1 aliphatic rings. The number of imide groups is 1. The summed E-state index contributed by atoms with van der Waals surface area (Å²) in [7, 11) is 2.77. The molecule has 4 rings (SSSR count). The first-order chi connectivity index (χ1) is 17.9. The van der Waals surface area contributed by atoms with E-state index in [1.807, 2.05) is 6.07 Å². The number of rotatable bonds is 8. The van der Waals surface area contributed by atoms with Gasteiger partial charge in [-0.1, -0.05) is 18.2 Å². The van der Waals surface area contributed by atoms with Crippen LogP contribution in [0.2, 0.25) is 0 Å². The van der Waals surface area contributed by atoms with Crippen molar-refractivity contribution in [2.75, 3.05) is 26.1 Å². The molecular weight excluding hydrogens is 478 g/mol. The Morgan fingerprint density at radius 2 is 1.65 bits per heavy atom. The third kappa shape index (κ3) is 5.11. The number of methoxy groups -OCH3 is 2. The molecule has 37 heavy (non-hydrogen) atoms. The van der Waals surface area contributed by atoms with Crippen LogP contribution in [-0.4, -0.2) is 49.4 Å². The summed E-state index contributed by atoms with van der Waals surface area (Å²) in [5, 5.41) is 11.5. The van der Waals surface area contributed by atoms with Crippen LogP contribution in [0.3, 0.4) is 0 Å². The Hall–Kier alpha value is -5.17. The molecule has 3 amide bonds. The number of amides is 3. The van der Waals surface area contributed by atoms with E-state index in [-0.39, 0.29) is 23.6 Å². The maximum absolute atomic E-state index is 12.8. The van der Waals surface area contributed by atoms with Crippen molar-refractivity contribution in [1.82, 2.24) is 4.90 Å². The smallest absolute Gasteiger partial charge is 0.338 e. The summed E-state index contributed by atoms with van der Waals surface area (Å²) >= 11 is 0. The molecule has 0 aromatic heterocycles. The fraction of sp³-hybridized carbons (Fsp3) is 0.148. The third-order valence-electron chi connectivity index (χ3n) is 5.61. The highest BCUT2D eigenvalue weighted by molar-refractivity contribution is 6.21. The molecule has 0 radical (unpaired) electrons. The van der Waals surface area contributed by atoms with E-state index in [1.54, 1.807) is 42.5 Å². The molecule has 0 atom stereocenters. The molecule has 0 fully saturated rings. The van der Waals surface area contributed by atoms with Crippen LogP contribution in [0, 0.1) is 11.3 Å². The number of benzene rings is 3. The van der Waals surface area contributed by atoms with Crippen LogP contribution < -0.4 is 14.8 Å². The van der Waals surface area contributed by atoms with Crippen LogP contribution in [0.25, 0.3) is 0 Å². The molecule has 0 saturated heterocycles. The average molecular weight is 499 g/mol. The second kappa shape index (κ2) is 10.6. The molecule has 10 nitrogen and oxygen atoms in total. The van der Waals surface area contributed by atoms with Crippen molar-refractivity contribution in [3.05, 3.63) is 88.5 Å². The van der Waals surface area contributed by atoms with Crippen LogP contribution in [0.1, 0.15) is 42.2 Å². The van der Waals surface area contributed by atoms with Crippen LogP contribution >= 0.6 is 0 Å². The van der Waals surface area contributed by atoms with Crippen molar-refractivity contribution in [3.8, 4) is 17.6 Å². The van der Waals surface area contributed by atoms with Crippen LogP contribution in [0.5, 0.6) is 11.5 Å². The van der Waals surface area contributed by atoms with Gasteiger partial charge in [0.15, 0.2) is 18.1 Å². The number of anilines is 1. The number of nitrogens with zero attached hydrogens (tertiary/aromatic N) is 2. The van der Waals surface area contributed by atoms with Gasteiger partial charge in [-0.2, -0.15) is 5.26 Å². The molecule has 1 N–H and O–H groups in total. The molecule has 0 spiro atoms. The van der Waals surface area contributed by atoms with E-state index in [1.165, 1.54) is 32.4 Å². The van der Waals surface area contributed by atoms with Gasteiger partial charge < -0.3 is 19.5 Å². The second-order valence-electron chi connectivity index (χ2n) is 7.93. The first-order valence-corrected chi connectivity index (χ1v) is 11.0. The minimum absolute atomic E-state index is 0.0311. The summed E-state index contributed by atoms with van der Waals surface area (Å²) in [6.45, 7) is -0.763. The van der Waals surface area contributed by atoms with Crippen molar-refractivity contribution < 1.29 is 33.4 Å². The lowest BCUT2D eigenvalue weighted by Gasteiger charge is -2.19. The molecule has 0 saturated carbocycles. The maximum atomic E-state index is 12.8. The molecule has 10 heteroatoms. The van der Waals surface area contributed by atoms with Gasteiger partial charge in [-0.25, -0.2) is 4.79 Å². The topological polar surface area (TPSA) is 135 Å².